The number of primary sulfonamides is 1. The fraction of sp³-hybridized carbons (Fsp3) is 0.381. The van der Waals surface area contributed by atoms with Crippen LogP contribution < -0.4 is 20.7 Å². The lowest BCUT2D eigenvalue weighted by atomic mass is 9.97. The number of nitrogens with zero attached hydrogens (tertiary/aromatic N) is 1. The molecule has 4 rings (SSSR count). The van der Waals surface area contributed by atoms with Crippen molar-refractivity contribution >= 4 is 15.9 Å². The molecule has 2 aromatic rings. The Hall–Kier alpha value is -2.46. The van der Waals surface area contributed by atoms with Gasteiger partial charge in [-0.25, -0.2) is 13.6 Å². The van der Waals surface area contributed by atoms with Gasteiger partial charge in [-0.15, -0.1) is 0 Å². The summed E-state index contributed by atoms with van der Waals surface area (Å²) in [6.07, 6.45) is 1.62. The maximum atomic E-state index is 13.3. The van der Waals surface area contributed by atoms with E-state index in [-0.39, 0.29) is 22.8 Å². The average molecular weight is 431 g/mol. The zero-order valence-corrected chi connectivity index (χ0v) is 17.6. The van der Waals surface area contributed by atoms with Gasteiger partial charge in [-0.2, -0.15) is 0 Å². The summed E-state index contributed by atoms with van der Waals surface area (Å²) in [6, 6.07) is 11.9. The van der Waals surface area contributed by atoms with Gasteiger partial charge in [-0.05, 0) is 48.2 Å². The van der Waals surface area contributed by atoms with Crippen LogP contribution in [0.5, 0.6) is 5.75 Å². The van der Waals surface area contributed by atoms with Gasteiger partial charge < -0.3 is 9.64 Å². The van der Waals surface area contributed by atoms with Crippen molar-refractivity contribution in [2.24, 2.45) is 5.14 Å². The van der Waals surface area contributed by atoms with E-state index in [4.69, 9.17) is 9.88 Å². The van der Waals surface area contributed by atoms with E-state index in [1.165, 1.54) is 6.07 Å². The Labute approximate surface area is 176 Å². The SMILES string of the molecule is COc1cc(C(=O)N2CCCC2c2cccc(S(N)(=O)=O)c2)ccc1C1CNNC1. The van der Waals surface area contributed by atoms with Gasteiger partial charge in [0.15, 0.2) is 0 Å². The van der Waals surface area contributed by atoms with E-state index in [0.29, 0.717) is 17.9 Å². The molecule has 2 aromatic carbocycles. The number of ether oxygens (including phenoxy) is 1. The van der Waals surface area contributed by atoms with Crippen LogP contribution in [0.2, 0.25) is 0 Å². The van der Waals surface area contributed by atoms with E-state index < -0.39 is 10.0 Å². The highest BCUT2D eigenvalue weighted by Crippen LogP contribution is 2.35. The second kappa shape index (κ2) is 8.35. The Morgan fingerprint density at radius 2 is 1.93 bits per heavy atom. The molecule has 0 saturated carbocycles. The maximum absolute atomic E-state index is 13.3. The fourth-order valence-corrected chi connectivity index (χ4v) is 4.85. The van der Waals surface area contributed by atoms with Crippen molar-refractivity contribution < 1.29 is 17.9 Å². The molecule has 8 nitrogen and oxygen atoms in total. The monoisotopic (exact) mass is 430 g/mol. The normalized spacial score (nSPS) is 19.9. The topological polar surface area (TPSA) is 114 Å². The molecular weight excluding hydrogens is 404 g/mol. The van der Waals surface area contributed by atoms with Gasteiger partial charge in [0.1, 0.15) is 5.75 Å². The summed E-state index contributed by atoms with van der Waals surface area (Å²) in [5.41, 5.74) is 8.62. The van der Waals surface area contributed by atoms with Gasteiger partial charge in [-0.3, -0.25) is 15.6 Å². The number of nitrogens with one attached hydrogen (secondary N) is 2. The number of rotatable bonds is 5. The Balaban J connectivity index is 1.61. The molecule has 2 aliphatic rings. The molecule has 1 atom stereocenters. The van der Waals surface area contributed by atoms with Gasteiger partial charge >= 0.3 is 0 Å². The first-order chi connectivity index (χ1) is 14.4. The quantitative estimate of drug-likeness (QED) is 0.663. The largest absolute Gasteiger partial charge is 0.496 e. The molecule has 9 heteroatoms. The molecule has 0 spiro atoms. The molecule has 30 heavy (non-hydrogen) atoms. The van der Waals surface area contributed by atoms with Crippen LogP contribution in [0.3, 0.4) is 0 Å². The number of nitrogens with two attached hydrogens (primary N) is 1. The van der Waals surface area contributed by atoms with Crippen molar-refractivity contribution in [2.45, 2.75) is 29.7 Å². The number of hydrogen-bond acceptors (Lipinski definition) is 6. The van der Waals surface area contributed by atoms with Crippen molar-refractivity contribution in [1.82, 2.24) is 15.8 Å². The smallest absolute Gasteiger partial charge is 0.254 e. The zero-order chi connectivity index (χ0) is 21.3. The summed E-state index contributed by atoms with van der Waals surface area (Å²) >= 11 is 0. The van der Waals surface area contributed by atoms with E-state index in [0.717, 1.165) is 37.1 Å². The second-order valence-corrected chi connectivity index (χ2v) is 9.25. The molecule has 0 radical (unpaired) electrons. The molecule has 0 aliphatic carbocycles. The number of methoxy groups -OCH3 is 1. The Kier molecular flexibility index (Phi) is 5.79. The van der Waals surface area contributed by atoms with Crippen molar-refractivity contribution in [2.75, 3.05) is 26.7 Å². The molecular formula is C21H26N4O4S. The summed E-state index contributed by atoms with van der Waals surface area (Å²) in [7, 11) is -2.19. The Bertz CT molecular complexity index is 1050. The minimum Gasteiger partial charge on any atom is -0.496 e. The lowest BCUT2D eigenvalue weighted by Crippen LogP contribution is -2.30. The van der Waals surface area contributed by atoms with Gasteiger partial charge in [-0.1, -0.05) is 18.2 Å². The molecule has 0 aromatic heterocycles. The van der Waals surface area contributed by atoms with Crippen molar-refractivity contribution in [3.8, 4) is 5.75 Å². The molecule has 160 valence electrons. The number of likely N-dealkylation sites (tertiary alicyclic amines) is 1. The molecule has 0 bridgehead atoms. The highest BCUT2D eigenvalue weighted by atomic mass is 32.2. The lowest BCUT2D eigenvalue weighted by Gasteiger charge is -2.26. The minimum absolute atomic E-state index is 0.0594. The van der Waals surface area contributed by atoms with Crippen molar-refractivity contribution in [1.29, 1.82) is 0 Å². The molecule has 1 unspecified atom stereocenters. The number of benzene rings is 2. The summed E-state index contributed by atoms with van der Waals surface area (Å²) in [5, 5.41) is 5.28. The van der Waals surface area contributed by atoms with Crippen LogP contribution in [0.15, 0.2) is 47.4 Å². The van der Waals surface area contributed by atoms with Crippen LogP contribution in [0.25, 0.3) is 0 Å². The van der Waals surface area contributed by atoms with Crippen LogP contribution in [-0.2, 0) is 10.0 Å². The van der Waals surface area contributed by atoms with E-state index in [2.05, 4.69) is 10.9 Å². The van der Waals surface area contributed by atoms with Crippen LogP contribution in [0.4, 0.5) is 0 Å². The third-order valence-electron chi connectivity index (χ3n) is 5.83. The van der Waals surface area contributed by atoms with Gasteiger partial charge in [0.2, 0.25) is 10.0 Å². The molecule has 4 N–H and O–H groups in total. The highest BCUT2D eigenvalue weighted by molar-refractivity contribution is 7.89. The first-order valence-corrected chi connectivity index (χ1v) is 11.5. The zero-order valence-electron chi connectivity index (χ0n) is 16.8. The first kappa shape index (κ1) is 20.8. The minimum atomic E-state index is -3.80. The number of hydrazine groups is 1. The Morgan fingerprint density at radius 3 is 2.63 bits per heavy atom. The Morgan fingerprint density at radius 1 is 1.17 bits per heavy atom. The molecule has 2 heterocycles. The summed E-state index contributed by atoms with van der Waals surface area (Å²) < 4.78 is 29.0. The summed E-state index contributed by atoms with van der Waals surface area (Å²) in [5.74, 6) is 0.888. The molecule has 2 aliphatic heterocycles. The second-order valence-electron chi connectivity index (χ2n) is 7.69. The average Bonchev–Trinajstić information content (AvgIpc) is 3.44. The van der Waals surface area contributed by atoms with Gasteiger partial charge in [0, 0.05) is 31.1 Å². The molecule has 1 amide bonds. The highest BCUT2D eigenvalue weighted by Gasteiger charge is 2.32. The van der Waals surface area contributed by atoms with Crippen LogP contribution in [-0.4, -0.2) is 46.0 Å². The standard InChI is InChI=1S/C21H26N4O4S/c1-29-20-11-15(7-8-18(20)16-12-23-24-13-16)21(26)25-9-3-6-19(25)14-4-2-5-17(10-14)30(22,27)28/h2,4-5,7-8,10-11,16,19,23-24H,3,6,9,12-13H2,1H3,(H2,22,27,28). The number of carbonyl (C=O) groups is 1. The lowest BCUT2D eigenvalue weighted by molar-refractivity contribution is 0.0735. The van der Waals surface area contributed by atoms with Gasteiger partial charge in [0.25, 0.3) is 5.91 Å². The summed E-state index contributed by atoms with van der Waals surface area (Å²) in [6.45, 7) is 2.22. The van der Waals surface area contributed by atoms with Crippen LogP contribution >= 0.6 is 0 Å². The number of sulfonamides is 1. The number of carbonyl (C=O) groups excluding carboxylic acids is 1. The first-order valence-electron chi connectivity index (χ1n) is 9.96. The number of amides is 1. The van der Waals surface area contributed by atoms with E-state index in [9.17, 15) is 13.2 Å². The van der Waals surface area contributed by atoms with Gasteiger partial charge in [0.05, 0.1) is 18.0 Å². The molecule has 2 fully saturated rings. The number of hydrogen-bond donors (Lipinski definition) is 3. The van der Waals surface area contributed by atoms with Crippen LogP contribution in [0.1, 0.15) is 46.3 Å². The third kappa shape index (κ3) is 4.06. The van der Waals surface area contributed by atoms with E-state index in [1.807, 2.05) is 18.2 Å². The summed E-state index contributed by atoms with van der Waals surface area (Å²) in [4.78, 5) is 15.2. The van der Waals surface area contributed by atoms with Crippen LogP contribution in [0, 0.1) is 0 Å². The predicted molar refractivity (Wildman–Crippen MR) is 113 cm³/mol. The van der Waals surface area contributed by atoms with E-state index >= 15 is 0 Å². The maximum Gasteiger partial charge on any atom is 0.254 e. The fourth-order valence-electron chi connectivity index (χ4n) is 4.29. The van der Waals surface area contributed by atoms with Crippen molar-refractivity contribution in [3.05, 3.63) is 59.2 Å². The predicted octanol–water partition coefficient (Wildman–Crippen LogP) is 1.51. The molecule has 2 saturated heterocycles. The van der Waals surface area contributed by atoms with E-state index in [1.54, 1.807) is 30.2 Å². The van der Waals surface area contributed by atoms with Crippen molar-refractivity contribution in [3.63, 3.8) is 0 Å². The third-order valence-corrected chi connectivity index (χ3v) is 6.74.